The highest BCUT2D eigenvalue weighted by molar-refractivity contribution is 14.1. The molecule has 1 aromatic rings. The van der Waals surface area contributed by atoms with Crippen LogP contribution in [0.15, 0.2) is 35.9 Å². The minimum absolute atomic E-state index is 0.00356. The van der Waals surface area contributed by atoms with Crippen molar-refractivity contribution in [1.82, 2.24) is 0 Å². The summed E-state index contributed by atoms with van der Waals surface area (Å²) in [4.78, 5) is 39.7. The lowest BCUT2D eigenvalue weighted by molar-refractivity contribution is -0.189. The van der Waals surface area contributed by atoms with Gasteiger partial charge in [-0.25, -0.2) is 4.79 Å². The van der Waals surface area contributed by atoms with Gasteiger partial charge < -0.3 is 9.47 Å². The van der Waals surface area contributed by atoms with E-state index in [9.17, 15) is 14.4 Å². The van der Waals surface area contributed by atoms with E-state index in [1.54, 1.807) is 0 Å². The number of ether oxygens (including phenoxy) is 2. The van der Waals surface area contributed by atoms with E-state index in [2.05, 4.69) is 50.3 Å². The fourth-order valence-electron chi connectivity index (χ4n) is 9.73. The molecule has 5 rings (SSSR count). The number of carbonyl (C=O) groups is 3. The Kier molecular flexibility index (Phi) is 8.58. The van der Waals surface area contributed by atoms with Gasteiger partial charge in [-0.2, -0.15) is 0 Å². The van der Waals surface area contributed by atoms with Crippen LogP contribution in [0.3, 0.4) is 0 Å². The third-order valence-electron chi connectivity index (χ3n) is 11.6. The van der Waals surface area contributed by atoms with Crippen molar-refractivity contribution in [3.8, 4) is 0 Å². The van der Waals surface area contributed by atoms with Gasteiger partial charge in [0, 0.05) is 21.8 Å². The van der Waals surface area contributed by atoms with E-state index < -0.39 is 0 Å². The molecule has 0 amide bonds. The smallest absolute Gasteiger partial charge is 0.338 e. The Morgan fingerprint density at radius 3 is 2.60 bits per heavy atom. The van der Waals surface area contributed by atoms with Crippen LogP contribution in [0.2, 0.25) is 0 Å². The second-order valence-electron chi connectivity index (χ2n) is 13.4. The van der Waals surface area contributed by atoms with Crippen LogP contribution >= 0.6 is 22.6 Å². The molecular formula is C34H45IO5. The number of halogens is 1. The largest absolute Gasteiger partial charge is 0.469 e. The molecule has 0 aromatic heterocycles. The Bertz CT molecular complexity index is 1190. The predicted molar refractivity (Wildman–Crippen MR) is 164 cm³/mol. The summed E-state index contributed by atoms with van der Waals surface area (Å²) < 4.78 is 12.5. The van der Waals surface area contributed by atoms with Gasteiger partial charge in [-0.05, 0) is 120 Å². The molecule has 3 fully saturated rings. The van der Waals surface area contributed by atoms with Crippen LogP contribution in [-0.2, 0) is 19.1 Å². The molecule has 0 unspecified atom stereocenters. The van der Waals surface area contributed by atoms with Crippen molar-refractivity contribution in [2.75, 3.05) is 7.11 Å². The minimum Gasteiger partial charge on any atom is -0.469 e. The number of hydrogen-bond acceptors (Lipinski definition) is 5. The number of benzene rings is 1. The zero-order valence-electron chi connectivity index (χ0n) is 24.7. The van der Waals surface area contributed by atoms with Crippen molar-refractivity contribution in [2.45, 2.75) is 91.6 Å². The zero-order chi connectivity index (χ0) is 28.8. The Labute approximate surface area is 253 Å². The third kappa shape index (κ3) is 4.98. The normalized spacial score (nSPS) is 37.5. The molecule has 0 saturated heterocycles. The fraction of sp³-hybridized carbons (Fsp3) is 0.676. The summed E-state index contributed by atoms with van der Waals surface area (Å²) in [5.41, 5.74) is 1.64. The number of hydrogen-bond donors (Lipinski definition) is 0. The Morgan fingerprint density at radius 1 is 1.12 bits per heavy atom. The molecule has 40 heavy (non-hydrogen) atoms. The summed E-state index contributed by atoms with van der Waals surface area (Å²) in [6.07, 6.45) is 10.5. The second-order valence-corrected chi connectivity index (χ2v) is 14.7. The topological polar surface area (TPSA) is 69.7 Å². The first-order valence-corrected chi connectivity index (χ1v) is 16.4. The van der Waals surface area contributed by atoms with Gasteiger partial charge in [0.25, 0.3) is 0 Å². The Balaban J connectivity index is 1.53. The molecule has 5 nitrogen and oxygen atoms in total. The van der Waals surface area contributed by atoms with Crippen molar-refractivity contribution in [3.63, 3.8) is 0 Å². The number of ketones is 1. The van der Waals surface area contributed by atoms with Gasteiger partial charge in [0.1, 0.15) is 6.10 Å². The van der Waals surface area contributed by atoms with E-state index in [-0.39, 0.29) is 58.3 Å². The maximum absolute atomic E-state index is 14.1. The number of esters is 2. The molecule has 1 aromatic carbocycles. The van der Waals surface area contributed by atoms with Gasteiger partial charge >= 0.3 is 11.9 Å². The Hall–Kier alpha value is -1.70. The van der Waals surface area contributed by atoms with Crippen LogP contribution in [0.1, 0.15) is 95.8 Å². The maximum atomic E-state index is 14.1. The predicted octanol–water partition coefficient (Wildman–Crippen LogP) is 7.80. The third-order valence-corrected chi connectivity index (χ3v) is 12.3. The molecule has 9 atom stereocenters. The molecule has 0 N–H and O–H groups in total. The van der Waals surface area contributed by atoms with E-state index in [1.807, 2.05) is 30.3 Å². The number of fused-ring (bicyclic) bond motifs is 5. The number of carbonyl (C=O) groups excluding carboxylic acids is 3. The molecule has 3 saturated carbocycles. The van der Waals surface area contributed by atoms with Crippen LogP contribution in [0.25, 0.3) is 0 Å². The first-order valence-electron chi connectivity index (χ1n) is 15.3. The molecule has 0 heterocycles. The number of rotatable bonds is 7. The molecule has 4 aliphatic carbocycles. The molecule has 0 radical (unpaired) electrons. The SMILES string of the molecule is CC[C@H]1[C@@H](OC(=O)c2cccc(I)c2)[C@@H]2[C@H](CC[C@]3(C)C([C@H](C)CCC(=O)OC)=CC(=O)[C@@H]23)[C@@]2(C)CCCC[C@@H]12. The van der Waals surface area contributed by atoms with E-state index in [0.717, 1.165) is 22.8 Å². The first-order chi connectivity index (χ1) is 19.0. The van der Waals surface area contributed by atoms with E-state index in [0.29, 0.717) is 30.2 Å². The average Bonchev–Trinajstić information content (AvgIpc) is 3.21. The van der Waals surface area contributed by atoms with Crippen molar-refractivity contribution >= 4 is 40.3 Å². The van der Waals surface area contributed by atoms with Crippen LogP contribution in [-0.4, -0.2) is 30.9 Å². The van der Waals surface area contributed by atoms with Crippen molar-refractivity contribution in [1.29, 1.82) is 0 Å². The quantitative estimate of drug-likeness (QED) is 0.221. The molecule has 0 aliphatic heterocycles. The van der Waals surface area contributed by atoms with Crippen molar-refractivity contribution < 1.29 is 23.9 Å². The van der Waals surface area contributed by atoms with Gasteiger partial charge in [-0.1, -0.05) is 52.2 Å². The lowest BCUT2D eigenvalue weighted by Gasteiger charge is -2.64. The van der Waals surface area contributed by atoms with Crippen LogP contribution in [0.4, 0.5) is 0 Å². The van der Waals surface area contributed by atoms with E-state index >= 15 is 0 Å². The molecule has 0 bridgehead atoms. The fourth-order valence-corrected chi connectivity index (χ4v) is 10.3. The molecule has 218 valence electrons. The van der Waals surface area contributed by atoms with Crippen LogP contribution in [0, 0.1) is 49.9 Å². The second kappa shape index (κ2) is 11.5. The number of methoxy groups -OCH3 is 1. The highest BCUT2D eigenvalue weighted by Crippen LogP contribution is 2.68. The monoisotopic (exact) mass is 660 g/mol. The highest BCUT2D eigenvalue weighted by Gasteiger charge is 2.66. The first kappa shape index (κ1) is 29.8. The van der Waals surface area contributed by atoms with Gasteiger partial charge in [0.2, 0.25) is 0 Å². The summed E-state index contributed by atoms with van der Waals surface area (Å²) in [6.45, 7) is 9.14. The van der Waals surface area contributed by atoms with Gasteiger partial charge in [-0.15, -0.1) is 0 Å². The lowest BCUT2D eigenvalue weighted by Crippen LogP contribution is -2.62. The van der Waals surface area contributed by atoms with Gasteiger partial charge in [-0.3, -0.25) is 9.59 Å². The van der Waals surface area contributed by atoms with Crippen molar-refractivity contribution in [2.24, 2.45) is 46.3 Å². The summed E-state index contributed by atoms with van der Waals surface area (Å²) in [5.74, 6) is 0.757. The number of allylic oxidation sites excluding steroid dienone is 2. The average molecular weight is 661 g/mol. The highest BCUT2D eigenvalue weighted by atomic mass is 127. The Morgan fingerprint density at radius 2 is 1.90 bits per heavy atom. The summed E-state index contributed by atoms with van der Waals surface area (Å²) >= 11 is 2.23. The maximum Gasteiger partial charge on any atom is 0.338 e. The molecule has 0 spiro atoms. The van der Waals surface area contributed by atoms with Crippen molar-refractivity contribution in [3.05, 3.63) is 45.0 Å². The molecule has 4 aliphatic rings. The zero-order valence-corrected chi connectivity index (χ0v) is 26.9. The van der Waals surface area contributed by atoms with Crippen LogP contribution in [0.5, 0.6) is 0 Å². The summed E-state index contributed by atoms with van der Waals surface area (Å²) in [5, 5.41) is 0. The lowest BCUT2D eigenvalue weighted by atomic mass is 9.41. The minimum atomic E-state index is -0.281. The summed E-state index contributed by atoms with van der Waals surface area (Å²) in [7, 11) is 1.42. The van der Waals surface area contributed by atoms with Crippen LogP contribution < -0.4 is 0 Å². The van der Waals surface area contributed by atoms with E-state index in [1.165, 1.54) is 38.4 Å². The molecule has 6 heteroatoms. The van der Waals surface area contributed by atoms with Gasteiger partial charge in [0.15, 0.2) is 5.78 Å². The standard InChI is InChI=1S/C34H45IO5/c1-6-23-24-12-7-8-16-33(24,3)25-15-17-34(4)26(20(2)13-14-28(37)39-5)19-27(36)30(34)29(25)31(23)40-32(38)21-10-9-11-22(35)18-21/h9-11,18-20,23-25,29-31H,6-8,12-17H2,1-5H3/t20-,23-,24+,25+,29-,30+,31-,33+,34-/m1/s1. The van der Waals surface area contributed by atoms with E-state index in [4.69, 9.17) is 9.47 Å². The summed E-state index contributed by atoms with van der Waals surface area (Å²) in [6, 6.07) is 7.62. The molecular weight excluding hydrogens is 615 g/mol. The van der Waals surface area contributed by atoms with Gasteiger partial charge in [0.05, 0.1) is 12.7 Å².